The van der Waals surface area contributed by atoms with E-state index in [2.05, 4.69) is 0 Å². The predicted octanol–water partition coefficient (Wildman–Crippen LogP) is -5.66. The van der Waals surface area contributed by atoms with Gasteiger partial charge in [0.2, 0.25) is 0 Å². The fourth-order valence-corrected chi connectivity index (χ4v) is 16.0. The number of carbonyl (C=O) groups is 12. The molecule has 36 heteroatoms. The Morgan fingerprint density at radius 1 is 0.139 bits per heavy atom. The minimum absolute atomic E-state index is 0.457. The molecule has 0 spiro atoms. The van der Waals surface area contributed by atoms with Gasteiger partial charge >= 0.3 is 72.4 Å². The van der Waals surface area contributed by atoms with Crippen LogP contribution in [0.25, 0.3) is 0 Å². The van der Waals surface area contributed by atoms with Gasteiger partial charge in [-0.3, -0.25) is 118 Å². The van der Waals surface area contributed by atoms with Crippen LogP contribution in [0.3, 0.4) is 0 Å². The summed E-state index contributed by atoms with van der Waals surface area (Å²) in [4.78, 5) is 213. The fourth-order valence-electron chi connectivity index (χ4n) is 16.0. The van der Waals surface area contributed by atoms with E-state index in [1.807, 2.05) is 0 Å². The number of nitrogens with zero attached hydrogens (tertiary/aromatic N) is 24. The summed E-state index contributed by atoms with van der Waals surface area (Å²) in [7, 11) is 0. The van der Waals surface area contributed by atoms with Crippen molar-refractivity contribution in [3.05, 3.63) is 0 Å². The van der Waals surface area contributed by atoms with Gasteiger partial charge in [0, 0.05) is 0 Å². The van der Waals surface area contributed by atoms with Gasteiger partial charge in [-0.2, -0.15) is 0 Å². The molecule has 18 aliphatic rings. The van der Waals surface area contributed by atoms with Gasteiger partial charge < -0.3 is 0 Å². The van der Waals surface area contributed by atoms with Crippen molar-refractivity contribution in [2.24, 2.45) is 0 Å². The van der Waals surface area contributed by atoms with Crippen LogP contribution in [0, 0.1) is 0 Å². The van der Waals surface area contributed by atoms with Crippen LogP contribution >= 0.6 is 0 Å². The highest BCUT2D eigenvalue weighted by molar-refractivity contribution is 5.95. The Morgan fingerprint density at radius 3 is 0.250 bits per heavy atom. The zero-order valence-corrected chi connectivity index (χ0v) is 37.0. The first-order valence-electron chi connectivity index (χ1n) is 23.6. The molecule has 0 unspecified atom stereocenters. The van der Waals surface area contributed by atoms with E-state index >= 15 is 57.5 Å². The molecule has 372 valence electrons. The summed E-state index contributed by atoms with van der Waals surface area (Å²) in [6.45, 7) is -5.48. The molecule has 0 radical (unpaired) electrons. The van der Waals surface area contributed by atoms with Crippen molar-refractivity contribution in [3.8, 4) is 0 Å². The first-order chi connectivity index (χ1) is 34.7. The van der Waals surface area contributed by atoms with Gasteiger partial charge in [-0.25, -0.2) is 57.5 Å². The maximum atomic E-state index is 15.1. The molecular formula is C36H36N24O12. The van der Waals surface area contributed by atoms with Gasteiger partial charge in [-0.15, -0.1) is 0 Å². The molecule has 18 aliphatic heterocycles. The van der Waals surface area contributed by atoms with Gasteiger partial charge in [0.25, 0.3) is 0 Å². The van der Waals surface area contributed by atoms with Crippen molar-refractivity contribution >= 4 is 72.4 Å². The second-order valence-electron chi connectivity index (χ2n) is 21.3. The minimum Gasteiger partial charge on any atom is -0.282 e. The van der Waals surface area contributed by atoms with E-state index in [1.54, 1.807) is 0 Å². The number of rotatable bonds is 0. The van der Waals surface area contributed by atoms with Gasteiger partial charge in [0.15, 0.2) is 74.0 Å². The van der Waals surface area contributed by atoms with Crippen LogP contribution in [0.4, 0.5) is 57.5 Å². The lowest BCUT2D eigenvalue weighted by Gasteiger charge is -2.42. The number of hydrogen-bond donors (Lipinski definition) is 0. The molecule has 18 heterocycles. The molecule has 0 aromatic heterocycles. The second kappa shape index (κ2) is 10.8. The maximum absolute atomic E-state index is 15.1. The lowest BCUT2D eigenvalue weighted by molar-refractivity contribution is -0.0210. The van der Waals surface area contributed by atoms with Crippen LogP contribution in [0.15, 0.2) is 0 Å². The quantitative estimate of drug-likeness (QED) is 0.206. The normalized spacial score (nSPS) is 40.3. The molecule has 24 amide bonds. The zero-order valence-electron chi connectivity index (χ0n) is 37.0. The Bertz CT molecular complexity index is 2140. The molecule has 18 saturated heterocycles. The standard InChI is InChI=1S/C36H36N24O12/c61-25-37-1-38-14-16-42(26(38)62)4-46-18-20-50(30(46)66)8-54-22-24-58(34(54)70)11-57-23-21-53(33(57)69)7-49-19-17-45(29(49)65)3-41(25)15-13(37)39-2-40(14)28(64)44(16)6-48(18)32(68)52(20)10-56(22)36(72)60(24)12-59(23)35(71)55(21)9-51(19)31(67)47(17)5-43(15)27(39)63/h13-24H,1-12H2/i1+1,2+1,3+1,4+1,5+1,6+1,7+1,8+1,9+1,10+1,11+1,12+1. The number of hydrogen-bond acceptors (Lipinski definition) is 12. The minimum atomic E-state index is -1.16. The van der Waals surface area contributed by atoms with E-state index in [4.69, 9.17) is 0 Å². The summed E-state index contributed by atoms with van der Waals surface area (Å²) in [5.74, 6) is 0. The molecule has 0 aliphatic carbocycles. The van der Waals surface area contributed by atoms with Crippen LogP contribution in [-0.2, 0) is 0 Å². The highest BCUT2D eigenvalue weighted by Crippen LogP contribution is 2.51. The molecule has 0 saturated carbocycles. The number of amides is 24. The fraction of sp³-hybridized carbons (Fsp3) is 0.667. The monoisotopic (exact) mass is 1010 g/mol. The second-order valence-corrected chi connectivity index (χ2v) is 21.3. The highest BCUT2D eigenvalue weighted by atomic mass is 16.3. The van der Waals surface area contributed by atoms with Crippen LogP contribution in [-0.4, -0.2) is 344 Å². The summed E-state index contributed by atoms with van der Waals surface area (Å²) in [5.41, 5.74) is 0. The molecule has 36 nitrogen and oxygen atoms in total. The number of urea groups is 12. The average Bonchev–Trinajstić information content (AvgIpc) is 4.23. The largest absolute Gasteiger partial charge is 0.326 e. The molecule has 0 aromatic rings. The van der Waals surface area contributed by atoms with Crippen molar-refractivity contribution in [2.45, 2.75) is 74.0 Å². The predicted molar refractivity (Wildman–Crippen MR) is 213 cm³/mol. The van der Waals surface area contributed by atoms with Crippen molar-refractivity contribution in [2.75, 3.05) is 80.0 Å². The summed E-state index contributed by atoms with van der Waals surface area (Å²) in [6.07, 6.45) is -13.9. The van der Waals surface area contributed by atoms with E-state index in [1.165, 1.54) is 118 Å². The molecule has 0 N–H and O–H groups in total. The Balaban J connectivity index is 0.832. The third kappa shape index (κ3) is 3.41. The van der Waals surface area contributed by atoms with E-state index in [-0.39, 0.29) is 0 Å². The molecular weight excluding hydrogens is 972 g/mol. The third-order valence-corrected chi connectivity index (χ3v) is 18.8. The lowest BCUT2D eigenvalue weighted by Crippen LogP contribution is -2.63. The number of carbonyl (C=O) groups excluding carboxylic acids is 12. The zero-order chi connectivity index (χ0) is 48.2. The lowest BCUT2D eigenvalue weighted by atomic mass is 10.3. The molecule has 18 fully saturated rings. The SMILES string of the molecule is O=C1N2[13CH2]N3C(=O)N4[13CH2]N5C(=O)N6[13CH2]N7C(=O)N8[13CH2]N9C(=O)N%10[13CH2]N%11C(=O)N%12[13CH2]N1C1C2N2[13CH2]N%13C(=O)N([13CH2]N%14C(=O)N([13CH2]N%15C(=O)N([13CH2]N%16C(=O)N([13CH2]N%17C(=O)N([13CH2]N1C2=O)C%12C%11%17)C%10C9%16)C8C7%15)C6C5%14)C4C3%13. The van der Waals surface area contributed by atoms with E-state index < -0.39 is 226 Å². The summed E-state index contributed by atoms with van der Waals surface area (Å²) < 4.78 is 0. The van der Waals surface area contributed by atoms with Crippen LogP contribution in [0.2, 0.25) is 0 Å². The third-order valence-electron chi connectivity index (χ3n) is 18.8. The van der Waals surface area contributed by atoms with E-state index in [9.17, 15) is 0 Å². The van der Waals surface area contributed by atoms with Crippen LogP contribution in [0.1, 0.15) is 0 Å². The Labute approximate surface area is 401 Å². The van der Waals surface area contributed by atoms with Crippen molar-refractivity contribution in [3.63, 3.8) is 0 Å². The Morgan fingerprint density at radius 2 is 0.194 bits per heavy atom. The Hall–Kier alpha value is -8.76. The smallest absolute Gasteiger partial charge is 0.282 e. The molecule has 0 bridgehead atoms. The Kier molecular flexibility index (Phi) is 5.55. The van der Waals surface area contributed by atoms with Crippen molar-refractivity contribution in [1.82, 2.24) is 118 Å². The van der Waals surface area contributed by atoms with Crippen LogP contribution < -0.4 is 0 Å². The molecule has 0 atom stereocenters. The average molecular weight is 1010 g/mol. The van der Waals surface area contributed by atoms with Crippen LogP contribution in [0.5, 0.6) is 0 Å². The van der Waals surface area contributed by atoms with Crippen molar-refractivity contribution < 1.29 is 57.5 Å². The molecule has 18 rings (SSSR count). The summed E-state index contributed by atoms with van der Waals surface area (Å²) in [6, 6.07) is -7.90. The first-order valence-corrected chi connectivity index (χ1v) is 23.6. The molecule has 0 aromatic carbocycles. The highest BCUT2D eigenvalue weighted by Gasteiger charge is 2.75. The van der Waals surface area contributed by atoms with Gasteiger partial charge in [0.05, 0.1) is 0 Å². The topological polar surface area (TPSA) is 283 Å². The summed E-state index contributed by atoms with van der Waals surface area (Å²) >= 11 is 0. The summed E-state index contributed by atoms with van der Waals surface area (Å²) in [5, 5.41) is 0. The van der Waals surface area contributed by atoms with Gasteiger partial charge in [-0.05, 0) is 0 Å². The van der Waals surface area contributed by atoms with Gasteiger partial charge in [0.1, 0.15) is 80.0 Å². The first kappa shape index (κ1) is 37.1. The van der Waals surface area contributed by atoms with E-state index in [0.29, 0.717) is 0 Å². The molecule has 72 heavy (non-hydrogen) atoms. The maximum Gasteiger partial charge on any atom is 0.326 e. The van der Waals surface area contributed by atoms with Gasteiger partial charge in [-0.1, -0.05) is 0 Å². The van der Waals surface area contributed by atoms with Crippen molar-refractivity contribution in [1.29, 1.82) is 0 Å². The van der Waals surface area contributed by atoms with E-state index in [0.717, 1.165) is 0 Å².